The Bertz CT molecular complexity index is 472. The van der Waals surface area contributed by atoms with E-state index < -0.39 is 12.4 Å². The monoisotopic (exact) mass is 235 g/mol. The van der Waals surface area contributed by atoms with Crippen LogP contribution in [0.25, 0.3) is 10.9 Å². The van der Waals surface area contributed by atoms with Gasteiger partial charge in [0.15, 0.2) is 0 Å². The molecule has 0 saturated heterocycles. The molecule has 0 aliphatic heterocycles. The Morgan fingerprint density at radius 3 is 2.40 bits per heavy atom. The SMILES string of the molecule is F[B-](F)(F)c1cnc2ccccc2c1.[K+]. The van der Waals surface area contributed by atoms with Crippen LogP contribution < -0.4 is 56.8 Å². The van der Waals surface area contributed by atoms with Crippen LogP contribution in [0, 0.1) is 0 Å². The normalized spacial score (nSPS) is 11.1. The van der Waals surface area contributed by atoms with Gasteiger partial charge in [-0.3, -0.25) is 4.98 Å². The second kappa shape index (κ2) is 4.97. The summed E-state index contributed by atoms with van der Waals surface area (Å²) in [5, 5.41) is 0.518. The van der Waals surface area contributed by atoms with Crippen molar-refractivity contribution in [3.05, 3.63) is 36.5 Å². The summed E-state index contributed by atoms with van der Waals surface area (Å²) in [6, 6.07) is 7.86. The molecule has 2 rings (SSSR count). The van der Waals surface area contributed by atoms with Crippen LogP contribution in [-0.2, 0) is 0 Å². The standard InChI is InChI=1S/C9H6BF3N.K/c11-10(12,13)8-5-7-3-1-2-4-9(7)14-6-8;/h1-6H;/q-1;+1. The van der Waals surface area contributed by atoms with Crippen LogP contribution in [0.5, 0.6) is 0 Å². The van der Waals surface area contributed by atoms with E-state index in [1.54, 1.807) is 24.3 Å². The molecule has 0 N–H and O–H groups in total. The number of aromatic nitrogens is 1. The van der Waals surface area contributed by atoms with Crippen LogP contribution in [0.1, 0.15) is 0 Å². The van der Waals surface area contributed by atoms with Crippen LogP contribution in [0.2, 0.25) is 0 Å². The fraction of sp³-hybridized carbons (Fsp3) is 0. The zero-order chi connectivity index (χ0) is 10.2. The summed E-state index contributed by atoms with van der Waals surface area (Å²) in [5.41, 5.74) is -0.0694. The quantitative estimate of drug-likeness (QED) is 0.595. The van der Waals surface area contributed by atoms with E-state index in [2.05, 4.69) is 4.98 Å². The van der Waals surface area contributed by atoms with E-state index in [9.17, 15) is 12.9 Å². The van der Waals surface area contributed by atoms with Crippen molar-refractivity contribution >= 4 is 23.3 Å². The fourth-order valence-electron chi connectivity index (χ4n) is 1.27. The Balaban J connectivity index is 0.00000112. The number of fused-ring (bicyclic) bond motifs is 1. The van der Waals surface area contributed by atoms with Gasteiger partial charge < -0.3 is 12.9 Å². The minimum absolute atomic E-state index is 0. The van der Waals surface area contributed by atoms with Gasteiger partial charge in [-0.2, -0.15) is 0 Å². The predicted octanol–water partition coefficient (Wildman–Crippen LogP) is -0.707. The molecule has 0 aliphatic rings. The van der Waals surface area contributed by atoms with E-state index in [1.165, 1.54) is 0 Å². The molecule has 1 heterocycles. The predicted molar refractivity (Wildman–Crippen MR) is 50.5 cm³/mol. The number of para-hydroxylation sites is 1. The molecule has 0 amide bonds. The van der Waals surface area contributed by atoms with E-state index >= 15 is 0 Å². The molecule has 0 spiro atoms. The molecule has 1 aromatic carbocycles. The minimum Gasteiger partial charge on any atom is -0.445 e. The van der Waals surface area contributed by atoms with Gasteiger partial charge in [-0.15, -0.1) is 0 Å². The number of hydrogen-bond donors (Lipinski definition) is 0. The average molecular weight is 235 g/mol. The first-order chi connectivity index (χ1) is 6.57. The minimum atomic E-state index is -4.95. The summed E-state index contributed by atoms with van der Waals surface area (Å²) >= 11 is 0. The maximum absolute atomic E-state index is 12.3. The molecule has 2 aromatic rings. The number of halogens is 3. The Morgan fingerprint density at radius 1 is 1.07 bits per heavy atom. The van der Waals surface area contributed by atoms with Gasteiger partial charge in [0.25, 0.3) is 0 Å². The third-order valence-corrected chi connectivity index (χ3v) is 1.99. The molecule has 1 aromatic heterocycles. The molecule has 15 heavy (non-hydrogen) atoms. The van der Waals surface area contributed by atoms with Gasteiger partial charge in [0.2, 0.25) is 0 Å². The van der Waals surface area contributed by atoms with Gasteiger partial charge in [-0.25, -0.2) is 0 Å². The van der Waals surface area contributed by atoms with Crippen molar-refractivity contribution in [1.29, 1.82) is 0 Å². The molecule has 0 radical (unpaired) electrons. The third-order valence-electron chi connectivity index (χ3n) is 1.99. The topological polar surface area (TPSA) is 12.9 Å². The largest absolute Gasteiger partial charge is 1.00 e. The summed E-state index contributed by atoms with van der Waals surface area (Å²) in [7, 11) is 0. The van der Waals surface area contributed by atoms with Crippen LogP contribution in [0.3, 0.4) is 0 Å². The maximum atomic E-state index is 12.3. The van der Waals surface area contributed by atoms with E-state index in [0.29, 0.717) is 10.9 Å². The smallest absolute Gasteiger partial charge is 0.445 e. The zero-order valence-electron chi connectivity index (χ0n) is 8.12. The first kappa shape index (κ1) is 13.2. The Hall–Kier alpha value is 0.121. The molecular weight excluding hydrogens is 229 g/mol. The summed E-state index contributed by atoms with van der Waals surface area (Å²) in [6.45, 7) is -4.95. The molecule has 72 valence electrons. The van der Waals surface area contributed by atoms with Gasteiger partial charge in [0, 0.05) is 6.20 Å². The van der Waals surface area contributed by atoms with Gasteiger partial charge in [-0.05, 0) is 11.5 Å². The van der Waals surface area contributed by atoms with Gasteiger partial charge >= 0.3 is 58.4 Å². The third kappa shape index (κ3) is 3.04. The van der Waals surface area contributed by atoms with E-state index in [-0.39, 0.29) is 51.4 Å². The zero-order valence-corrected chi connectivity index (χ0v) is 11.2. The second-order valence-electron chi connectivity index (χ2n) is 3.04. The van der Waals surface area contributed by atoms with Crippen LogP contribution >= 0.6 is 0 Å². The number of pyridine rings is 1. The van der Waals surface area contributed by atoms with Crippen molar-refractivity contribution in [2.24, 2.45) is 0 Å². The van der Waals surface area contributed by atoms with Crippen molar-refractivity contribution in [1.82, 2.24) is 4.98 Å². The molecule has 0 unspecified atom stereocenters. The van der Waals surface area contributed by atoms with Crippen molar-refractivity contribution in [3.8, 4) is 0 Å². The first-order valence-corrected chi connectivity index (χ1v) is 4.12. The van der Waals surface area contributed by atoms with Crippen molar-refractivity contribution in [2.75, 3.05) is 0 Å². The van der Waals surface area contributed by atoms with E-state index in [1.807, 2.05) is 0 Å². The van der Waals surface area contributed by atoms with Crippen molar-refractivity contribution in [2.45, 2.75) is 0 Å². The Kier molecular flexibility index (Phi) is 4.37. The van der Waals surface area contributed by atoms with Crippen LogP contribution in [0.15, 0.2) is 36.5 Å². The Morgan fingerprint density at radius 2 is 1.73 bits per heavy atom. The maximum Gasteiger partial charge on any atom is 1.00 e. The number of benzene rings is 1. The number of rotatable bonds is 1. The first-order valence-electron chi connectivity index (χ1n) is 4.12. The molecule has 1 nitrogen and oxygen atoms in total. The molecular formula is C9H6BF3KN. The van der Waals surface area contributed by atoms with Crippen LogP contribution in [-0.4, -0.2) is 12.0 Å². The molecule has 0 atom stereocenters. The van der Waals surface area contributed by atoms with E-state index in [0.717, 1.165) is 12.3 Å². The molecule has 0 fully saturated rings. The Labute approximate surface area is 128 Å². The number of hydrogen-bond acceptors (Lipinski definition) is 1. The number of nitrogens with zero attached hydrogens (tertiary/aromatic N) is 1. The van der Waals surface area contributed by atoms with Crippen molar-refractivity contribution < 1.29 is 64.3 Å². The molecule has 0 saturated carbocycles. The molecule has 0 aliphatic carbocycles. The van der Waals surface area contributed by atoms with Crippen LogP contribution in [0.4, 0.5) is 12.9 Å². The van der Waals surface area contributed by atoms with Gasteiger partial charge in [0.05, 0.1) is 5.52 Å². The summed E-state index contributed by atoms with van der Waals surface area (Å²) in [6.07, 6.45) is 0.877. The summed E-state index contributed by atoms with van der Waals surface area (Å²) in [4.78, 5) is 3.74. The van der Waals surface area contributed by atoms with Gasteiger partial charge in [-0.1, -0.05) is 29.7 Å². The van der Waals surface area contributed by atoms with Gasteiger partial charge in [0.1, 0.15) is 0 Å². The van der Waals surface area contributed by atoms with E-state index in [4.69, 9.17) is 0 Å². The average Bonchev–Trinajstić information content (AvgIpc) is 2.16. The second-order valence-corrected chi connectivity index (χ2v) is 3.04. The summed E-state index contributed by atoms with van der Waals surface area (Å²) in [5.74, 6) is 0. The van der Waals surface area contributed by atoms with Crippen molar-refractivity contribution in [3.63, 3.8) is 0 Å². The fourth-order valence-corrected chi connectivity index (χ4v) is 1.27. The molecule has 6 heteroatoms. The molecule has 0 bridgehead atoms. The summed E-state index contributed by atoms with van der Waals surface area (Å²) < 4.78 is 37.0.